The van der Waals surface area contributed by atoms with Gasteiger partial charge in [0.05, 0.1) is 38.5 Å². The van der Waals surface area contributed by atoms with Crippen molar-refractivity contribution < 1.29 is 32.2 Å². The second-order valence-corrected chi connectivity index (χ2v) is 8.09. The van der Waals surface area contributed by atoms with Crippen LogP contribution in [-0.4, -0.2) is 42.8 Å². The van der Waals surface area contributed by atoms with E-state index < -0.39 is 16.0 Å². The summed E-state index contributed by atoms with van der Waals surface area (Å²) < 4.78 is 48.1. The number of hydrogen-bond acceptors (Lipinski definition) is 8. The molecule has 0 aliphatic carbocycles. The normalized spacial score (nSPS) is 11.0. The second-order valence-electron chi connectivity index (χ2n) is 4.75. The van der Waals surface area contributed by atoms with Gasteiger partial charge in [-0.25, -0.2) is 13.2 Å². The van der Waals surface area contributed by atoms with Crippen LogP contribution in [0.5, 0.6) is 17.2 Å². The summed E-state index contributed by atoms with van der Waals surface area (Å²) in [6, 6.07) is 4.02. The molecule has 0 radical (unpaired) electrons. The molecule has 1 heterocycles. The number of thiophene rings is 1. The number of halogens is 1. The molecule has 8 nitrogen and oxygen atoms in total. The van der Waals surface area contributed by atoms with Crippen LogP contribution in [0.15, 0.2) is 23.1 Å². The zero-order chi connectivity index (χ0) is 19.5. The third-order valence-corrected chi connectivity index (χ3v) is 6.02. The molecule has 0 spiro atoms. The second kappa shape index (κ2) is 8.02. The maximum atomic E-state index is 12.7. The van der Waals surface area contributed by atoms with Gasteiger partial charge in [0, 0.05) is 12.1 Å². The number of hydrogen-bond donors (Lipinski definition) is 1. The zero-order valence-electron chi connectivity index (χ0n) is 14.3. The number of carbonyl (C=O) groups is 1. The first-order valence-corrected chi connectivity index (χ1v) is 9.65. The van der Waals surface area contributed by atoms with Crippen LogP contribution in [0, 0.1) is 0 Å². The minimum Gasteiger partial charge on any atom is -0.493 e. The van der Waals surface area contributed by atoms with Gasteiger partial charge in [-0.1, -0.05) is 11.6 Å². The molecule has 0 saturated heterocycles. The molecular formula is C15H16ClNO7S2. The van der Waals surface area contributed by atoms with Gasteiger partial charge in [-0.05, 0) is 6.07 Å². The Balaban J connectivity index is 2.50. The van der Waals surface area contributed by atoms with Crippen molar-refractivity contribution in [2.24, 2.45) is 0 Å². The van der Waals surface area contributed by atoms with Gasteiger partial charge in [-0.3, -0.25) is 4.72 Å². The van der Waals surface area contributed by atoms with Gasteiger partial charge in [0.15, 0.2) is 11.5 Å². The highest BCUT2D eigenvalue weighted by Crippen LogP contribution is 2.41. The molecule has 1 aromatic heterocycles. The number of sulfonamides is 1. The molecule has 0 aliphatic rings. The van der Waals surface area contributed by atoms with Crippen LogP contribution < -0.4 is 18.9 Å². The van der Waals surface area contributed by atoms with Crippen LogP contribution in [0.4, 0.5) is 5.69 Å². The van der Waals surface area contributed by atoms with Crippen LogP contribution >= 0.6 is 22.9 Å². The smallest absolute Gasteiger partial charge is 0.349 e. The molecule has 0 unspecified atom stereocenters. The summed E-state index contributed by atoms with van der Waals surface area (Å²) in [7, 11) is 1.27. The lowest BCUT2D eigenvalue weighted by Gasteiger charge is -2.15. The maximum absolute atomic E-state index is 12.7. The van der Waals surface area contributed by atoms with E-state index in [2.05, 4.69) is 9.46 Å². The summed E-state index contributed by atoms with van der Waals surface area (Å²) in [5.41, 5.74) is 0.151. The average molecular weight is 422 g/mol. The Morgan fingerprint density at radius 3 is 2.08 bits per heavy atom. The highest BCUT2D eigenvalue weighted by Gasteiger charge is 2.27. The molecule has 26 heavy (non-hydrogen) atoms. The number of methoxy groups -OCH3 is 4. The molecule has 0 atom stereocenters. The number of anilines is 1. The maximum Gasteiger partial charge on any atom is 0.349 e. The molecule has 0 aliphatic heterocycles. The summed E-state index contributed by atoms with van der Waals surface area (Å²) in [6.07, 6.45) is 0. The molecule has 0 fully saturated rings. The Kier molecular flexibility index (Phi) is 6.21. The molecule has 142 valence electrons. The van der Waals surface area contributed by atoms with E-state index in [1.165, 1.54) is 39.5 Å². The molecule has 11 heteroatoms. The molecule has 1 N–H and O–H groups in total. The largest absolute Gasteiger partial charge is 0.493 e. The van der Waals surface area contributed by atoms with Crippen molar-refractivity contribution in [2.75, 3.05) is 33.2 Å². The van der Waals surface area contributed by atoms with Crippen LogP contribution in [0.2, 0.25) is 4.34 Å². The first-order chi connectivity index (χ1) is 12.3. The minimum absolute atomic E-state index is 0.127. The minimum atomic E-state index is -4.12. The molecular weight excluding hydrogens is 406 g/mol. The summed E-state index contributed by atoms with van der Waals surface area (Å²) >= 11 is 6.68. The van der Waals surface area contributed by atoms with Gasteiger partial charge in [0.25, 0.3) is 10.0 Å². The zero-order valence-corrected chi connectivity index (χ0v) is 16.7. The van der Waals surface area contributed by atoms with Gasteiger partial charge in [0.2, 0.25) is 5.75 Å². The molecule has 0 saturated carbocycles. The van der Waals surface area contributed by atoms with Crippen molar-refractivity contribution in [3.63, 3.8) is 0 Å². The van der Waals surface area contributed by atoms with Crippen molar-refractivity contribution >= 4 is 44.6 Å². The Hall–Kier alpha value is -2.17. The van der Waals surface area contributed by atoms with Crippen LogP contribution in [-0.2, 0) is 14.8 Å². The SMILES string of the molecule is COC(=O)c1sc(Cl)cc1S(=O)(=O)Nc1cc(OC)c(OC)c(OC)c1. The van der Waals surface area contributed by atoms with E-state index >= 15 is 0 Å². The van der Waals surface area contributed by atoms with Gasteiger partial charge in [0.1, 0.15) is 9.77 Å². The molecule has 2 aromatic rings. The molecule has 0 bridgehead atoms. The van der Waals surface area contributed by atoms with Gasteiger partial charge in [-0.15, -0.1) is 11.3 Å². The third-order valence-electron chi connectivity index (χ3n) is 3.25. The van der Waals surface area contributed by atoms with E-state index in [4.69, 9.17) is 25.8 Å². The van der Waals surface area contributed by atoms with Crippen molar-refractivity contribution in [1.82, 2.24) is 0 Å². The van der Waals surface area contributed by atoms with Crippen LogP contribution in [0.1, 0.15) is 9.67 Å². The quantitative estimate of drug-likeness (QED) is 0.686. The summed E-state index contributed by atoms with van der Waals surface area (Å²) in [5.74, 6) is 0.0427. The summed E-state index contributed by atoms with van der Waals surface area (Å²) in [4.78, 5) is 11.4. The summed E-state index contributed by atoms with van der Waals surface area (Å²) in [6.45, 7) is 0. The third kappa shape index (κ3) is 3.97. The van der Waals surface area contributed by atoms with E-state index in [1.54, 1.807) is 0 Å². The number of rotatable bonds is 7. The van der Waals surface area contributed by atoms with Crippen molar-refractivity contribution in [3.05, 3.63) is 27.4 Å². The van der Waals surface area contributed by atoms with E-state index in [1.807, 2.05) is 0 Å². The monoisotopic (exact) mass is 421 g/mol. The van der Waals surface area contributed by atoms with Crippen LogP contribution in [0.25, 0.3) is 0 Å². The van der Waals surface area contributed by atoms with E-state index in [9.17, 15) is 13.2 Å². The number of ether oxygens (including phenoxy) is 4. The molecule has 0 amide bonds. The highest BCUT2D eigenvalue weighted by molar-refractivity contribution is 7.93. The topological polar surface area (TPSA) is 100 Å². The average Bonchev–Trinajstić information content (AvgIpc) is 3.02. The Morgan fingerprint density at radius 1 is 1.04 bits per heavy atom. The van der Waals surface area contributed by atoms with Gasteiger partial charge in [-0.2, -0.15) is 0 Å². The fourth-order valence-corrected chi connectivity index (χ4v) is 4.90. The fourth-order valence-electron chi connectivity index (χ4n) is 2.13. The fraction of sp³-hybridized carbons (Fsp3) is 0.267. The number of nitrogens with one attached hydrogen (secondary N) is 1. The molecule has 2 rings (SSSR count). The number of esters is 1. The predicted molar refractivity (Wildman–Crippen MR) is 97.6 cm³/mol. The van der Waals surface area contributed by atoms with E-state index in [0.717, 1.165) is 18.4 Å². The Morgan fingerprint density at radius 2 is 1.62 bits per heavy atom. The van der Waals surface area contributed by atoms with Crippen molar-refractivity contribution in [1.29, 1.82) is 0 Å². The van der Waals surface area contributed by atoms with Crippen molar-refractivity contribution in [3.8, 4) is 17.2 Å². The van der Waals surface area contributed by atoms with Crippen LogP contribution in [0.3, 0.4) is 0 Å². The highest BCUT2D eigenvalue weighted by atomic mass is 35.5. The lowest BCUT2D eigenvalue weighted by atomic mass is 10.2. The Labute approximate surface area is 159 Å². The lowest BCUT2D eigenvalue weighted by Crippen LogP contribution is -2.16. The van der Waals surface area contributed by atoms with Gasteiger partial charge >= 0.3 is 5.97 Å². The van der Waals surface area contributed by atoms with E-state index in [0.29, 0.717) is 5.75 Å². The summed E-state index contributed by atoms with van der Waals surface area (Å²) in [5, 5.41) is 0. The van der Waals surface area contributed by atoms with E-state index in [-0.39, 0.29) is 31.3 Å². The lowest BCUT2D eigenvalue weighted by molar-refractivity contribution is 0.0602. The number of benzene rings is 1. The number of carbonyl (C=O) groups excluding carboxylic acids is 1. The Bertz CT molecular complexity index is 899. The predicted octanol–water partition coefficient (Wildman–Crippen LogP) is 3.01. The first kappa shape index (κ1) is 20.1. The van der Waals surface area contributed by atoms with Crippen molar-refractivity contribution in [2.45, 2.75) is 4.90 Å². The molecule has 1 aromatic carbocycles. The standard InChI is InChI=1S/C15H16ClNO7S2/c1-21-9-5-8(6-10(22-2)13(9)23-3)17-26(19,20)11-7-12(16)25-14(11)15(18)24-4/h5-7,17H,1-4H3. The van der Waals surface area contributed by atoms with Gasteiger partial charge < -0.3 is 18.9 Å². The first-order valence-electron chi connectivity index (χ1n) is 6.97.